The molecule has 7 heteroatoms. The number of nitriles is 1. The topological polar surface area (TPSA) is 104 Å². The number of nitrogens with one attached hydrogen (secondary N) is 1. The number of aryl methyl sites for hydroxylation is 2. The second-order valence-electron chi connectivity index (χ2n) is 8.80. The van der Waals surface area contributed by atoms with Crippen LogP contribution in [0.15, 0.2) is 41.3 Å². The zero-order valence-electron chi connectivity index (χ0n) is 19.3. The van der Waals surface area contributed by atoms with Gasteiger partial charge in [-0.2, -0.15) is 5.26 Å². The zero-order chi connectivity index (χ0) is 23.9. The molecule has 33 heavy (non-hydrogen) atoms. The number of carbonyl (C=O) groups is 1. The largest absolute Gasteiger partial charge is 0.481 e. The van der Waals surface area contributed by atoms with E-state index in [-0.39, 0.29) is 18.2 Å². The highest BCUT2D eigenvalue weighted by atomic mass is 16.4. The Morgan fingerprint density at radius 2 is 1.94 bits per heavy atom. The molecule has 0 aliphatic heterocycles. The quantitative estimate of drug-likeness (QED) is 0.409. The first kappa shape index (κ1) is 22.4. The fraction of sp³-hybridized carbons (Fsp3) is 0.346. The van der Waals surface area contributed by atoms with Crippen LogP contribution in [0, 0.1) is 25.2 Å². The molecule has 0 saturated carbocycles. The van der Waals surface area contributed by atoms with Gasteiger partial charge in [0.1, 0.15) is 0 Å². The summed E-state index contributed by atoms with van der Waals surface area (Å²) in [6.07, 6.45) is 3.10. The summed E-state index contributed by atoms with van der Waals surface area (Å²) in [7, 11) is 0. The van der Waals surface area contributed by atoms with Crippen LogP contribution in [0.1, 0.15) is 67.4 Å². The molecule has 2 N–H and O–H groups in total. The van der Waals surface area contributed by atoms with Gasteiger partial charge in [-0.25, -0.2) is 4.79 Å². The van der Waals surface area contributed by atoms with Gasteiger partial charge in [-0.1, -0.05) is 19.4 Å². The molecule has 0 saturated heterocycles. The zero-order valence-corrected chi connectivity index (χ0v) is 19.3. The molecule has 0 spiro atoms. The van der Waals surface area contributed by atoms with Gasteiger partial charge in [-0.05, 0) is 62.6 Å². The van der Waals surface area contributed by atoms with Crippen molar-refractivity contribution in [1.29, 1.82) is 5.26 Å². The lowest BCUT2D eigenvalue weighted by Crippen LogP contribution is -2.30. The molecule has 4 rings (SSSR count). The molecule has 1 unspecified atom stereocenters. The molecule has 4 aromatic rings. The van der Waals surface area contributed by atoms with Gasteiger partial charge in [0.15, 0.2) is 0 Å². The Labute approximate surface area is 191 Å². The van der Waals surface area contributed by atoms with Crippen molar-refractivity contribution in [2.75, 3.05) is 0 Å². The molecule has 2 aromatic carbocycles. The van der Waals surface area contributed by atoms with E-state index in [1.807, 2.05) is 20.0 Å². The Hall–Kier alpha value is -3.79. The van der Waals surface area contributed by atoms with E-state index in [1.165, 1.54) is 0 Å². The number of imidazole rings is 1. The molecule has 0 radical (unpaired) electrons. The summed E-state index contributed by atoms with van der Waals surface area (Å²) in [5.41, 5.74) is 5.78. The van der Waals surface area contributed by atoms with Crippen molar-refractivity contribution in [2.45, 2.75) is 59.0 Å². The highest BCUT2D eigenvalue weighted by molar-refractivity contribution is 5.88. The van der Waals surface area contributed by atoms with Crippen LogP contribution in [-0.4, -0.2) is 25.2 Å². The van der Waals surface area contributed by atoms with Crippen LogP contribution in [0.2, 0.25) is 0 Å². The number of hydrogen-bond acceptors (Lipinski definition) is 3. The number of benzene rings is 2. The second kappa shape index (κ2) is 8.62. The van der Waals surface area contributed by atoms with Gasteiger partial charge < -0.3 is 10.1 Å². The number of carboxylic acids is 1. The maximum atomic E-state index is 13.8. The van der Waals surface area contributed by atoms with Gasteiger partial charge in [-0.3, -0.25) is 13.9 Å². The highest BCUT2D eigenvalue weighted by Gasteiger charge is 2.26. The van der Waals surface area contributed by atoms with Crippen molar-refractivity contribution in [1.82, 2.24) is 14.1 Å². The molecule has 0 bridgehead atoms. The van der Waals surface area contributed by atoms with E-state index >= 15 is 0 Å². The minimum Gasteiger partial charge on any atom is -0.481 e. The fourth-order valence-electron chi connectivity index (χ4n) is 5.06. The molecule has 2 aromatic heterocycles. The summed E-state index contributed by atoms with van der Waals surface area (Å²) >= 11 is 0. The lowest BCUT2D eigenvalue weighted by molar-refractivity contribution is -0.137. The number of rotatable bonds is 7. The van der Waals surface area contributed by atoms with E-state index in [0.717, 1.165) is 34.0 Å². The molecule has 0 aliphatic rings. The number of carboxylic acid groups (broad SMARTS) is 1. The van der Waals surface area contributed by atoms with E-state index in [1.54, 1.807) is 27.3 Å². The Kier molecular flexibility index (Phi) is 5.86. The fourth-order valence-corrected chi connectivity index (χ4v) is 5.06. The van der Waals surface area contributed by atoms with Gasteiger partial charge in [0.25, 0.3) is 0 Å². The Morgan fingerprint density at radius 1 is 1.18 bits per heavy atom. The number of nitrogens with zero attached hydrogens (tertiary/aromatic N) is 3. The van der Waals surface area contributed by atoms with Crippen LogP contribution < -0.4 is 5.69 Å². The van der Waals surface area contributed by atoms with Crippen LogP contribution in [-0.2, 0) is 4.79 Å². The maximum Gasteiger partial charge on any atom is 0.329 e. The van der Waals surface area contributed by atoms with E-state index < -0.39 is 12.0 Å². The molecular formula is C26H28N4O3. The molecule has 0 fully saturated rings. The number of aliphatic carboxylic acids is 1. The summed E-state index contributed by atoms with van der Waals surface area (Å²) in [5, 5.41) is 20.0. The average molecular weight is 445 g/mol. The average Bonchev–Trinajstić information content (AvgIpc) is 3.30. The standard InChI is InChI=1S/C26H28N4O3/c1-5-6-19(12-24(31)32)30-23-11-18(13-27)7-8-22(23)29(26(30)33)17(4)20-14-28-21-10-15(2)9-16(3)25(20)21/h7-11,14,17,19,28H,5-6,12H2,1-4H3,(H,31,32)/t17-,19?/m0/s1. The summed E-state index contributed by atoms with van der Waals surface area (Å²) in [6, 6.07) is 10.7. The number of hydrogen-bond donors (Lipinski definition) is 2. The normalized spacial score (nSPS) is 13.3. The monoisotopic (exact) mass is 444 g/mol. The van der Waals surface area contributed by atoms with Crippen LogP contribution in [0.25, 0.3) is 21.9 Å². The van der Waals surface area contributed by atoms with Crippen molar-refractivity contribution >= 4 is 27.9 Å². The van der Waals surface area contributed by atoms with E-state index in [9.17, 15) is 20.0 Å². The number of aromatic amines is 1. The Morgan fingerprint density at radius 3 is 2.61 bits per heavy atom. The summed E-state index contributed by atoms with van der Waals surface area (Å²) in [6.45, 7) is 8.07. The van der Waals surface area contributed by atoms with Gasteiger partial charge in [-0.15, -0.1) is 0 Å². The lowest BCUT2D eigenvalue weighted by atomic mass is 10.0. The first-order valence-electron chi connectivity index (χ1n) is 11.2. The predicted octanol–water partition coefficient (Wildman–Crippen LogP) is 5.20. The second-order valence-corrected chi connectivity index (χ2v) is 8.80. The van der Waals surface area contributed by atoms with Gasteiger partial charge in [0.05, 0.1) is 35.1 Å². The molecule has 0 amide bonds. The first-order valence-corrected chi connectivity index (χ1v) is 11.2. The highest BCUT2D eigenvalue weighted by Crippen LogP contribution is 2.33. The minimum absolute atomic E-state index is 0.149. The minimum atomic E-state index is -0.951. The van der Waals surface area contributed by atoms with Gasteiger partial charge in [0, 0.05) is 28.7 Å². The predicted molar refractivity (Wildman–Crippen MR) is 129 cm³/mol. The van der Waals surface area contributed by atoms with Crippen LogP contribution >= 0.6 is 0 Å². The lowest BCUT2D eigenvalue weighted by Gasteiger charge is -2.17. The van der Waals surface area contributed by atoms with E-state index in [4.69, 9.17) is 0 Å². The third-order valence-corrected chi connectivity index (χ3v) is 6.42. The van der Waals surface area contributed by atoms with E-state index in [0.29, 0.717) is 23.0 Å². The Balaban J connectivity index is 1.99. The van der Waals surface area contributed by atoms with Crippen LogP contribution in [0.5, 0.6) is 0 Å². The summed E-state index contributed by atoms with van der Waals surface area (Å²) in [4.78, 5) is 28.8. The molecule has 0 aliphatic carbocycles. The van der Waals surface area contributed by atoms with Crippen molar-refractivity contribution in [2.24, 2.45) is 0 Å². The SMILES string of the molecule is CCCC(CC(=O)O)n1c(=O)n([C@@H](C)c2c[nH]c3cc(C)cc(C)c23)c2ccc(C#N)cc21. The van der Waals surface area contributed by atoms with Crippen LogP contribution in [0.3, 0.4) is 0 Å². The first-order chi connectivity index (χ1) is 15.8. The van der Waals surface area contributed by atoms with Gasteiger partial charge >= 0.3 is 11.7 Å². The number of H-pyrrole nitrogens is 1. The van der Waals surface area contributed by atoms with Crippen molar-refractivity contribution < 1.29 is 9.90 Å². The summed E-state index contributed by atoms with van der Waals surface area (Å²) in [5.74, 6) is -0.951. The third kappa shape index (κ3) is 3.82. The molecule has 7 nitrogen and oxygen atoms in total. The number of aromatic nitrogens is 3. The maximum absolute atomic E-state index is 13.8. The molecular weight excluding hydrogens is 416 g/mol. The number of fused-ring (bicyclic) bond motifs is 2. The molecule has 170 valence electrons. The Bertz CT molecular complexity index is 1460. The summed E-state index contributed by atoms with van der Waals surface area (Å²) < 4.78 is 3.30. The van der Waals surface area contributed by atoms with Crippen LogP contribution in [0.4, 0.5) is 0 Å². The van der Waals surface area contributed by atoms with Crippen molar-refractivity contribution in [3.05, 3.63) is 69.3 Å². The molecule has 2 heterocycles. The smallest absolute Gasteiger partial charge is 0.329 e. The van der Waals surface area contributed by atoms with Crippen molar-refractivity contribution in [3.63, 3.8) is 0 Å². The third-order valence-electron chi connectivity index (χ3n) is 6.42. The van der Waals surface area contributed by atoms with Crippen molar-refractivity contribution in [3.8, 4) is 6.07 Å². The molecule has 2 atom stereocenters. The van der Waals surface area contributed by atoms with E-state index in [2.05, 4.69) is 37.0 Å². The van der Waals surface area contributed by atoms with Gasteiger partial charge in [0.2, 0.25) is 0 Å².